The van der Waals surface area contributed by atoms with Crippen LogP contribution < -0.4 is 0 Å². The third kappa shape index (κ3) is 0.971. The first kappa shape index (κ1) is 8.86. The van der Waals surface area contributed by atoms with Crippen molar-refractivity contribution in [3.8, 4) is 0 Å². The Bertz CT molecular complexity index is 268. The molecule has 0 N–H and O–H groups in total. The second-order valence-corrected chi connectivity index (χ2v) is 4.80. The van der Waals surface area contributed by atoms with Gasteiger partial charge in [0.2, 0.25) is 0 Å². The van der Waals surface area contributed by atoms with Gasteiger partial charge in [-0.1, -0.05) is 6.92 Å². The van der Waals surface area contributed by atoms with Crippen LogP contribution in [0.2, 0.25) is 0 Å². The van der Waals surface area contributed by atoms with Gasteiger partial charge in [-0.3, -0.25) is 4.79 Å². The number of ether oxygens (including phenoxy) is 2. The third-order valence-corrected chi connectivity index (χ3v) is 4.09. The molecule has 0 unspecified atom stereocenters. The lowest BCUT2D eigenvalue weighted by Gasteiger charge is -2.28. The standard InChI is InChI=1S/C11H16O3/c1-7-6-9-8(10(7)12)2-3-11(9)13-4-5-14-11/h7-9H,2-6H2,1H3/t7-,8+,9+/m1/s1. The zero-order valence-corrected chi connectivity index (χ0v) is 8.49. The van der Waals surface area contributed by atoms with Gasteiger partial charge in [-0.2, -0.15) is 0 Å². The van der Waals surface area contributed by atoms with E-state index < -0.39 is 0 Å². The molecule has 3 aliphatic rings. The molecule has 1 saturated heterocycles. The van der Waals surface area contributed by atoms with E-state index >= 15 is 0 Å². The van der Waals surface area contributed by atoms with Gasteiger partial charge in [0.05, 0.1) is 13.2 Å². The molecular weight excluding hydrogens is 180 g/mol. The van der Waals surface area contributed by atoms with Gasteiger partial charge in [0, 0.05) is 24.2 Å². The van der Waals surface area contributed by atoms with Gasteiger partial charge >= 0.3 is 0 Å². The van der Waals surface area contributed by atoms with E-state index in [1.54, 1.807) is 0 Å². The average Bonchev–Trinajstić information content (AvgIpc) is 2.82. The molecule has 2 saturated carbocycles. The Morgan fingerprint density at radius 2 is 2.07 bits per heavy atom. The molecule has 3 fully saturated rings. The van der Waals surface area contributed by atoms with Crippen molar-refractivity contribution in [1.82, 2.24) is 0 Å². The minimum atomic E-state index is -0.370. The summed E-state index contributed by atoms with van der Waals surface area (Å²) in [6, 6.07) is 0. The molecule has 1 spiro atoms. The number of hydrogen-bond acceptors (Lipinski definition) is 3. The van der Waals surface area contributed by atoms with Crippen molar-refractivity contribution in [3.63, 3.8) is 0 Å². The summed E-state index contributed by atoms with van der Waals surface area (Å²) in [5.41, 5.74) is 0. The molecule has 0 aromatic carbocycles. The molecule has 3 rings (SSSR count). The van der Waals surface area contributed by atoms with Gasteiger partial charge in [-0.25, -0.2) is 0 Å². The fourth-order valence-corrected chi connectivity index (χ4v) is 3.43. The molecule has 2 aliphatic carbocycles. The number of Topliss-reactive ketones (excluding diaryl/α,β-unsaturated/α-hetero) is 1. The lowest BCUT2D eigenvalue weighted by Crippen LogP contribution is -2.35. The third-order valence-electron chi connectivity index (χ3n) is 4.09. The number of carbonyl (C=O) groups excluding carboxylic acids is 1. The lowest BCUT2D eigenvalue weighted by atomic mass is 9.96. The van der Waals surface area contributed by atoms with Crippen molar-refractivity contribution in [2.75, 3.05) is 13.2 Å². The van der Waals surface area contributed by atoms with Gasteiger partial charge in [0.1, 0.15) is 5.78 Å². The van der Waals surface area contributed by atoms with Crippen LogP contribution in [-0.4, -0.2) is 24.8 Å². The smallest absolute Gasteiger partial charge is 0.172 e. The molecule has 0 aromatic heterocycles. The van der Waals surface area contributed by atoms with E-state index in [9.17, 15) is 4.79 Å². The van der Waals surface area contributed by atoms with Gasteiger partial charge in [0.25, 0.3) is 0 Å². The number of fused-ring (bicyclic) bond motifs is 2. The molecule has 1 heterocycles. The van der Waals surface area contributed by atoms with Crippen LogP contribution in [0.15, 0.2) is 0 Å². The number of carbonyl (C=O) groups is 1. The Kier molecular flexibility index (Phi) is 1.77. The van der Waals surface area contributed by atoms with Gasteiger partial charge in [0.15, 0.2) is 5.79 Å². The van der Waals surface area contributed by atoms with Crippen LogP contribution in [-0.2, 0) is 14.3 Å². The van der Waals surface area contributed by atoms with Crippen LogP contribution in [0.3, 0.4) is 0 Å². The molecule has 3 heteroatoms. The normalized spacial score (nSPS) is 44.9. The Balaban J connectivity index is 1.89. The van der Waals surface area contributed by atoms with Crippen LogP contribution in [0.1, 0.15) is 26.2 Å². The van der Waals surface area contributed by atoms with Crippen molar-refractivity contribution >= 4 is 5.78 Å². The van der Waals surface area contributed by atoms with E-state index in [4.69, 9.17) is 9.47 Å². The summed E-state index contributed by atoms with van der Waals surface area (Å²) in [4.78, 5) is 11.8. The molecule has 0 bridgehead atoms. The summed E-state index contributed by atoms with van der Waals surface area (Å²) in [6.07, 6.45) is 2.85. The van der Waals surface area contributed by atoms with Crippen LogP contribution in [0.5, 0.6) is 0 Å². The van der Waals surface area contributed by atoms with Crippen LogP contribution in [0.4, 0.5) is 0 Å². The highest BCUT2D eigenvalue weighted by molar-refractivity contribution is 5.86. The highest BCUT2D eigenvalue weighted by atomic mass is 16.7. The SMILES string of the molecule is C[C@@H]1C[C@H]2[C@H](CCC23OCCO3)C1=O. The summed E-state index contributed by atoms with van der Waals surface area (Å²) >= 11 is 0. The van der Waals surface area contributed by atoms with Crippen molar-refractivity contribution in [2.45, 2.75) is 32.0 Å². The number of ketones is 1. The quantitative estimate of drug-likeness (QED) is 0.587. The second kappa shape index (κ2) is 2.80. The van der Waals surface area contributed by atoms with E-state index in [-0.39, 0.29) is 17.6 Å². The van der Waals surface area contributed by atoms with Crippen LogP contribution in [0, 0.1) is 17.8 Å². The first-order chi connectivity index (χ1) is 6.73. The zero-order valence-electron chi connectivity index (χ0n) is 8.49. The maximum Gasteiger partial charge on any atom is 0.172 e. The minimum absolute atomic E-state index is 0.218. The summed E-state index contributed by atoms with van der Waals surface area (Å²) in [5, 5.41) is 0. The fraction of sp³-hybridized carbons (Fsp3) is 0.909. The van der Waals surface area contributed by atoms with Crippen molar-refractivity contribution < 1.29 is 14.3 Å². The monoisotopic (exact) mass is 196 g/mol. The fourth-order valence-electron chi connectivity index (χ4n) is 3.43. The molecule has 0 aromatic rings. The minimum Gasteiger partial charge on any atom is -0.347 e. The van der Waals surface area contributed by atoms with E-state index in [0.717, 1.165) is 19.3 Å². The van der Waals surface area contributed by atoms with E-state index in [2.05, 4.69) is 0 Å². The second-order valence-electron chi connectivity index (χ2n) is 4.80. The zero-order chi connectivity index (χ0) is 9.76. The molecule has 14 heavy (non-hydrogen) atoms. The first-order valence-corrected chi connectivity index (χ1v) is 5.54. The molecular formula is C11H16O3. The summed E-state index contributed by atoms with van der Waals surface area (Å²) in [6.45, 7) is 3.43. The Morgan fingerprint density at radius 3 is 2.79 bits per heavy atom. The Labute approximate surface area is 83.8 Å². The Hall–Kier alpha value is -0.410. The predicted octanol–water partition coefficient (Wildman–Crippen LogP) is 1.36. The largest absolute Gasteiger partial charge is 0.347 e. The lowest BCUT2D eigenvalue weighted by molar-refractivity contribution is -0.184. The van der Waals surface area contributed by atoms with Crippen LogP contribution in [0.25, 0.3) is 0 Å². The van der Waals surface area contributed by atoms with Crippen molar-refractivity contribution in [2.24, 2.45) is 17.8 Å². The van der Waals surface area contributed by atoms with Crippen molar-refractivity contribution in [3.05, 3.63) is 0 Å². The Morgan fingerprint density at radius 1 is 1.36 bits per heavy atom. The first-order valence-electron chi connectivity index (χ1n) is 5.54. The average molecular weight is 196 g/mol. The highest BCUT2D eigenvalue weighted by Crippen LogP contribution is 2.53. The number of rotatable bonds is 0. The summed E-state index contributed by atoms with van der Waals surface area (Å²) in [7, 11) is 0. The molecule has 3 nitrogen and oxygen atoms in total. The number of hydrogen-bond donors (Lipinski definition) is 0. The summed E-state index contributed by atoms with van der Waals surface area (Å²) < 4.78 is 11.5. The van der Waals surface area contributed by atoms with Crippen molar-refractivity contribution in [1.29, 1.82) is 0 Å². The van der Waals surface area contributed by atoms with Gasteiger partial charge in [-0.15, -0.1) is 0 Å². The molecule has 1 aliphatic heterocycles. The maximum atomic E-state index is 11.8. The topological polar surface area (TPSA) is 35.5 Å². The highest BCUT2D eigenvalue weighted by Gasteiger charge is 2.58. The van der Waals surface area contributed by atoms with E-state index in [1.165, 1.54) is 0 Å². The summed E-state index contributed by atoms with van der Waals surface area (Å²) in [5.74, 6) is 0.849. The maximum absolute atomic E-state index is 11.8. The molecule has 0 amide bonds. The van der Waals surface area contributed by atoms with Gasteiger partial charge < -0.3 is 9.47 Å². The van der Waals surface area contributed by atoms with E-state index in [1.807, 2.05) is 6.92 Å². The molecule has 78 valence electrons. The predicted molar refractivity (Wildman–Crippen MR) is 49.6 cm³/mol. The van der Waals surface area contributed by atoms with Crippen LogP contribution >= 0.6 is 0 Å². The van der Waals surface area contributed by atoms with E-state index in [0.29, 0.717) is 24.9 Å². The molecule has 3 atom stereocenters. The molecule has 0 radical (unpaired) electrons. The van der Waals surface area contributed by atoms with Gasteiger partial charge in [-0.05, 0) is 12.8 Å².